The smallest absolute Gasteiger partial charge is 0.0666 e. The molecule has 0 amide bonds. The van der Waals surface area contributed by atoms with Crippen molar-refractivity contribution in [3.05, 3.63) is 116 Å². The van der Waals surface area contributed by atoms with Crippen molar-refractivity contribution >= 4 is 43.6 Å². The van der Waals surface area contributed by atoms with Gasteiger partial charge in [0.15, 0.2) is 0 Å². The van der Waals surface area contributed by atoms with Gasteiger partial charge in [-0.15, -0.1) is 0 Å². The van der Waals surface area contributed by atoms with Gasteiger partial charge in [-0.25, -0.2) is 0 Å². The molecule has 0 spiro atoms. The van der Waals surface area contributed by atoms with Crippen LogP contribution in [0.3, 0.4) is 0 Å². The monoisotopic (exact) mass is 472 g/mol. The van der Waals surface area contributed by atoms with Crippen molar-refractivity contribution in [3.8, 4) is 11.4 Å². The minimum atomic E-state index is 0. The molecule has 4 heteroatoms. The molecule has 1 radical (unpaired) electrons. The summed E-state index contributed by atoms with van der Waals surface area (Å²) < 4.78 is 4.63. The summed E-state index contributed by atoms with van der Waals surface area (Å²) in [6.45, 7) is 0. The summed E-state index contributed by atoms with van der Waals surface area (Å²) in [7, 11) is 0. The largest absolute Gasteiger partial charge is 0.308 e. The molecule has 3 heterocycles. The third-order valence-electron chi connectivity index (χ3n) is 6.39. The fraction of sp³-hybridized carbons (Fsp3) is 0. The maximum Gasteiger partial charge on any atom is 0.0666 e. The third kappa shape index (κ3) is 2.85. The number of hydrogen-bond acceptors (Lipinski definition) is 1. The Morgan fingerprint density at radius 3 is 1.06 bits per heavy atom. The summed E-state index contributed by atoms with van der Waals surface area (Å²) in [5.41, 5.74) is 6.87. The summed E-state index contributed by atoms with van der Waals surface area (Å²) in [5.74, 6) is 0. The first-order valence-corrected chi connectivity index (χ1v) is 10.8. The summed E-state index contributed by atoms with van der Waals surface area (Å²) >= 11 is 0. The first-order valence-electron chi connectivity index (χ1n) is 10.8. The van der Waals surface area contributed by atoms with Crippen LogP contribution in [0.5, 0.6) is 0 Å². The molecule has 3 nitrogen and oxygen atoms in total. The molecule has 0 fully saturated rings. The second kappa shape index (κ2) is 7.63. The summed E-state index contributed by atoms with van der Waals surface area (Å²) in [6.07, 6.45) is 3.91. The van der Waals surface area contributed by atoms with Gasteiger partial charge >= 0.3 is 0 Å². The molecule has 0 aliphatic rings. The number of para-hydroxylation sites is 4. The van der Waals surface area contributed by atoms with E-state index in [4.69, 9.17) is 0 Å². The van der Waals surface area contributed by atoms with Gasteiger partial charge in [0, 0.05) is 38.6 Å². The van der Waals surface area contributed by atoms with Crippen molar-refractivity contribution < 1.29 is 17.1 Å². The Bertz CT molecular complexity index is 1560. The number of rotatable bonds is 2. The van der Waals surface area contributed by atoms with E-state index in [0.717, 1.165) is 11.4 Å². The van der Waals surface area contributed by atoms with Gasteiger partial charge in [-0.1, -0.05) is 72.8 Å². The van der Waals surface area contributed by atoms with Crippen LogP contribution in [-0.2, 0) is 17.1 Å². The molecule has 0 saturated heterocycles. The van der Waals surface area contributed by atoms with Crippen LogP contribution >= 0.6 is 0 Å². The maximum absolute atomic E-state index is 4.68. The minimum absolute atomic E-state index is 0. The average molecular weight is 473 g/mol. The van der Waals surface area contributed by atoms with E-state index in [9.17, 15) is 0 Å². The SMILES string of the molecule is [Cu].c1ccc2c(c1)c1ccccc1n2-c1cncc(-n2c3ccccc3c3ccccc32)c1. The number of benzene rings is 4. The van der Waals surface area contributed by atoms with E-state index in [0.29, 0.717) is 0 Å². The number of fused-ring (bicyclic) bond motifs is 6. The Morgan fingerprint density at radius 2 is 0.727 bits per heavy atom. The standard InChI is InChI=1S/C29H19N3.Cu/c1-5-13-26-22(9-1)23-10-2-6-14-27(23)31(26)20-17-21(19-30-18-20)32-28-15-7-3-11-24(28)25-12-4-8-16-29(25)32;/h1-19H;. The van der Waals surface area contributed by atoms with E-state index in [-0.39, 0.29) is 17.1 Å². The van der Waals surface area contributed by atoms with Gasteiger partial charge in [0.05, 0.1) is 45.8 Å². The predicted molar refractivity (Wildman–Crippen MR) is 133 cm³/mol. The Labute approximate surface area is 201 Å². The molecule has 33 heavy (non-hydrogen) atoms. The Hall–Kier alpha value is -3.85. The zero-order chi connectivity index (χ0) is 21.1. The van der Waals surface area contributed by atoms with Gasteiger partial charge in [0.1, 0.15) is 0 Å². The Morgan fingerprint density at radius 1 is 0.424 bits per heavy atom. The second-order valence-corrected chi connectivity index (χ2v) is 8.14. The van der Waals surface area contributed by atoms with Gasteiger partial charge in [-0.3, -0.25) is 4.98 Å². The number of hydrogen-bond donors (Lipinski definition) is 0. The van der Waals surface area contributed by atoms with E-state index in [1.54, 1.807) is 0 Å². The van der Waals surface area contributed by atoms with Crippen molar-refractivity contribution in [1.29, 1.82) is 0 Å². The molecule has 0 aliphatic heterocycles. The van der Waals surface area contributed by atoms with E-state index >= 15 is 0 Å². The van der Waals surface area contributed by atoms with Crippen molar-refractivity contribution in [3.63, 3.8) is 0 Å². The van der Waals surface area contributed by atoms with Crippen molar-refractivity contribution in [2.75, 3.05) is 0 Å². The van der Waals surface area contributed by atoms with Crippen LogP contribution in [0.1, 0.15) is 0 Å². The summed E-state index contributed by atoms with van der Waals surface area (Å²) in [6, 6.07) is 36.6. The van der Waals surface area contributed by atoms with Crippen molar-refractivity contribution in [1.82, 2.24) is 14.1 Å². The van der Waals surface area contributed by atoms with Crippen LogP contribution in [0.25, 0.3) is 55.0 Å². The van der Waals surface area contributed by atoms with E-state index < -0.39 is 0 Å². The maximum atomic E-state index is 4.68. The van der Waals surface area contributed by atoms with Gasteiger partial charge in [0.25, 0.3) is 0 Å². The zero-order valence-electron chi connectivity index (χ0n) is 17.6. The van der Waals surface area contributed by atoms with Crippen LogP contribution in [-0.4, -0.2) is 14.1 Å². The molecule has 3 aromatic heterocycles. The van der Waals surface area contributed by atoms with Crippen molar-refractivity contribution in [2.45, 2.75) is 0 Å². The fourth-order valence-electron chi connectivity index (χ4n) is 5.06. The number of pyridine rings is 1. The molecule has 4 aromatic carbocycles. The quantitative estimate of drug-likeness (QED) is 0.242. The van der Waals surface area contributed by atoms with Crippen LogP contribution in [0.15, 0.2) is 116 Å². The summed E-state index contributed by atoms with van der Waals surface area (Å²) in [4.78, 5) is 4.68. The molecule has 0 aliphatic carbocycles. The van der Waals surface area contributed by atoms with Crippen LogP contribution in [0.2, 0.25) is 0 Å². The molecular formula is C29H19CuN3. The molecule has 0 unspecified atom stereocenters. The Kier molecular flexibility index (Phi) is 4.58. The van der Waals surface area contributed by atoms with Crippen molar-refractivity contribution in [2.24, 2.45) is 0 Å². The van der Waals surface area contributed by atoms with Crippen LogP contribution in [0.4, 0.5) is 0 Å². The summed E-state index contributed by atoms with van der Waals surface area (Å²) in [5, 5.41) is 5.02. The molecule has 161 valence electrons. The topological polar surface area (TPSA) is 22.8 Å². The Balaban J connectivity index is 0.00000206. The van der Waals surface area contributed by atoms with E-state index in [1.165, 1.54) is 43.6 Å². The fourth-order valence-corrected chi connectivity index (χ4v) is 5.06. The minimum Gasteiger partial charge on any atom is -0.308 e. The second-order valence-electron chi connectivity index (χ2n) is 8.14. The molecule has 7 rings (SSSR count). The van der Waals surface area contributed by atoms with E-state index in [1.807, 2.05) is 12.4 Å². The molecule has 0 atom stereocenters. The molecule has 0 saturated carbocycles. The van der Waals surface area contributed by atoms with Gasteiger partial charge in [-0.05, 0) is 30.3 Å². The van der Waals surface area contributed by atoms with Crippen LogP contribution in [0, 0.1) is 0 Å². The predicted octanol–water partition coefficient (Wildman–Crippen LogP) is 7.27. The molecular weight excluding hydrogens is 454 g/mol. The first kappa shape index (κ1) is 19.8. The van der Waals surface area contributed by atoms with E-state index in [2.05, 4.69) is 117 Å². The normalized spacial score (nSPS) is 11.4. The molecule has 0 bridgehead atoms. The zero-order valence-corrected chi connectivity index (χ0v) is 18.6. The number of nitrogens with zero attached hydrogens (tertiary/aromatic N) is 3. The van der Waals surface area contributed by atoms with Gasteiger partial charge in [-0.2, -0.15) is 0 Å². The van der Waals surface area contributed by atoms with Gasteiger partial charge < -0.3 is 9.13 Å². The van der Waals surface area contributed by atoms with Gasteiger partial charge in [0.2, 0.25) is 0 Å². The number of aromatic nitrogens is 3. The average Bonchev–Trinajstić information content (AvgIpc) is 3.37. The third-order valence-corrected chi connectivity index (χ3v) is 6.39. The van der Waals surface area contributed by atoms with Crippen LogP contribution < -0.4 is 0 Å². The first-order chi connectivity index (χ1) is 15.9. The molecule has 0 N–H and O–H groups in total. The molecule has 7 aromatic rings.